The number of hydrogen-bond acceptors (Lipinski definition) is 4. The molecule has 1 aliphatic rings. The molecule has 33 heavy (non-hydrogen) atoms. The fourth-order valence-corrected chi connectivity index (χ4v) is 5.33. The molecular formula is C26H27ClN2O3S. The molecule has 0 radical (unpaired) electrons. The Labute approximate surface area is 203 Å². The van der Waals surface area contributed by atoms with Crippen molar-refractivity contribution in [2.24, 2.45) is 0 Å². The quantitative estimate of drug-likeness (QED) is 0.477. The van der Waals surface area contributed by atoms with Gasteiger partial charge in [0.15, 0.2) is 0 Å². The second kappa shape index (κ2) is 10.5. The number of hydrogen-bond donors (Lipinski definition) is 0. The molecule has 0 fully saturated rings. The molecule has 1 aromatic heterocycles. The number of aryl methyl sites for hydroxylation is 1. The highest BCUT2D eigenvalue weighted by atomic mass is 35.5. The lowest BCUT2D eigenvalue weighted by Crippen LogP contribution is -2.47. The molecule has 0 N–H and O–H groups in total. The number of methoxy groups -OCH3 is 1. The number of halogens is 1. The van der Waals surface area contributed by atoms with Crippen LogP contribution < -0.4 is 0 Å². The maximum atomic E-state index is 13.7. The topological polar surface area (TPSA) is 49.9 Å². The smallest absolute Gasteiger partial charge is 0.254 e. The lowest BCUT2D eigenvalue weighted by atomic mass is 9.90. The predicted octanol–water partition coefficient (Wildman–Crippen LogP) is 4.97. The third kappa shape index (κ3) is 5.13. The summed E-state index contributed by atoms with van der Waals surface area (Å²) < 4.78 is 5.21. The van der Waals surface area contributed by atoms with Crippen LogP contribution in [0.15, 0.2) is 60.0 Å². The number of nitrogens with zero attached hydrogens (tertiary/aromatic N) is 2. The minimum Gasteiger partial charge on any atom is -0.383 e. The Morgan fingerprint density at radius 3 is 2.61 bits per heavy atom. The van der Waals surface area contributed by atoms with Crippen LogP contribution in [0, 0.1) is 6.92 Å². The van der Waals surface area contributed by atoms with E-state index < -0.39 is 0 Å². The van der Waals surface area contributed by atoms with E-state index in [9.17, 15) is 9.59 Å². The van der Waals surface area contributed by atoms with Gasteiger partial charge in [-0.3, -0.25) is 9.59 Å². The molecule has 0 bridgehead atoms. The van der Waals surface area contributed by atoms with Gasteiger partial charge in [0.25, 0.3) is 5.91 Å². The van der Waals surface area contributed by atoms with E-state index >= 15 is 0 Å². The summed E-state index contributed by atoms with van der Waals surface area (Å²) in [5.74, 6) is -0.281. The van der Waals surface area contributed by atoms with Gasteiger partial charge in [0, 0.05) is 35.7 Å². The molecule has 0 aliphatic carbocycles. The maximum Gasteiger partial charge on any atom is 0.254 e. The molecule has 7 heteroatoms. The molecule has 4 rings (SSSR count). The normalized spacial score (nSPS) is 15.2. The molecule has 1 unspecified atom stereocenters. The highest BCUT2D eigenvalue weighted by Crippen LogP contribution is 2.39. The van der Waals surface area contributed by atoms with Crippen molar-refractivity contribution >= 4 is 34.8 Å². The van der Waals surface area contributed by atoms with Crippen LogP contribution in [-0.2, 0) is 16.0 Å². The summed E-state index contributed by atoms with van der Waals surface area (Å²) in [7, 11) is 1.59. The SMILES string of the molecule is COCCN(CC(=O)N1CCc2sccc2C1c1ccccc1C)C(=O)c1ccc(Cl)cc1. The number of carbonyl (C=O) groups excluding carboxylic acids is 2. The second-order valence-electron chi connectivity index (χ2n) is 8.12. The maximum absolute atomic E-state index is 13.7. The van der Waals surface area contributed by atoms with Crippen molar-refractivity contribution in [1.82, 2.24) is 9.80 Å². The first-order valence-electron chi connectivity index (χ1n) is 10.9. The molecule has 0 saturated carbocycles. The highest BCUT2D eigenvalue weighted by molar-refractivity contribution is 7.10. The minimum atomic E-state index is -0.210. The third-order valence-electron chi connectivity index (χ3n) is 6.04. The van der Waals surface area contributed by atoms with Gasteiger partial charge in [0.1, 0.15) is 6.54 Å². The lowest BCUT2D eigenvalue weighted by Gasteiger charge is -2.38. The van der Waals surface area contributed by atoms with E-state index in [0.29, 0.717) is 30.3 Å². The van der Waals surface area contributed by atoms with Gasteiger partial charge in [-0.1, -0.05) is 35.9 Å². The van der Waals surface area contributed by atoms with E-state index in [0.717, 1.165) is 17.5 Å². The average Bonchev–Trinajstić information content (AvgIpc) is 3.30. The Bertz CT molecular complexity index is 1130. The Balaban J connectivity index is 1.62. The molecule has 2 heterocycles. The van der Waals surface area contributed by atoms with Crippen LogP contribution in [0.2, 0.25) is 5.02 Å². The van der Waals surface area contributed by atoms with Crippen molar-refractivity contribution in [2.75, 3.05) is 33.4 Å². The Morgan fingerprint density at radius 2 is 1.88 bits per heavy atom. The molecule has 1 atom stereocenters. The summed E-state index contributed by atoms with van der Waals surface area (Å²) in [5.41, 5.74) is 3.95. The van der Waals surface area contributed by atoms with Gasteiger partial charge in [0.05, 0.1) is 12.6 Å². The first-order chi connectivity index (χ1) is 16.0. The summed E-state index contributed by atoms with van der Waals surface area (Å²) in [4.78, 5) is 31.7. The van der Waals surface area contributed by atoms with Gasteiger partial charge in [0.2, 0.25) is 5.91 Å². The zero-order chi connectivity index (χ0) is 23.4. The van der Waals surface area contributed by atoms with Crippen molar-refractivity contribution in [1.29, 1.82) is 0 Å². The van der Waals surface area contributed by atoms with E-state index in [-0.39, 0.29) is 24.4 Å². The van der Waals surface area contributed by atoms with Crippen LogP contribution in [0.3, 0.4) is 0 Å². The van der Waals surface area contributed by atoms with Crippen molar-refractivity contribution in [2.45, 2.75) is 19.4 Å². The number of fused-ring (bicyclic) bond motifs is 1. The molecule has 0 saturated heterocycles. The van der Waals surface area contributed by atoms with Crippen LogP contribution in [-0.4, -0.2) is 55.0 Å². The van der Waals surface area contributed by atoms with E-state index in [1.165, 1.54) is 10.4 Å². The van der Waals surface area contributed by atoms with Gasteiger partial charge in [-0.15, -0.1) is 11.3 Å². The summed E-state index contributed by atoms with van der Waals surface area (Å²) >= 11 is 7.72. The van der Waals surface area contributed by atoms with Gasteiger partial charge in [-0.25, -0.2) is 0 Å². The van der Waals surface area contributed by atoms with Gasteiger partial charge in [-0.2, -0.15) is 0 Å². The number of benzene rings is 2. The van der Waals surface area contributed by atoms with Gasteiger partial charge < -0.3 is 14.5 Å². The molecule has 2 aromatic carbocycles. The van der Waals surface area contributed by atoms with Crippen molar-refractivity contribution in [3.63, 3.8) is 0 Å². The number of amides is 2. The number of ether oxygens (including phenoxy) is 1. The molecule has 1 aliphatic heterocycles. The molecule has 3 aromatic rings. The minimum absolute atomic E-state index is 0.00727. The average molecular weight is 483 g/mol. The van der Waals surface area contributed by atoms with Gasteiger partial charge >= 0.3 is 0 Å². The number of carbonyl (C=O) groups is 2. The molecular weight excluding hydrogens is 456 g/mol. The van der Waals surface area contributed by atoms with Crippen LogP contribution in [0.1, 0.15) is 38.0 Å². The summed E-state index contributed by atoms with van der Waals surface area (Å²) in [6.07, 6.45) is 0.824. The van der Waals surface area contributed by atoms with Crippen LogP contribution in [0.5, 0.6) is 0 Å². The molecule has 5 nitrogen and oxygen atoms in total. The second-order valence-corrected chi connectivity index (χ2v) is 9.56. The Morgan fingerprint density at radius 1 is 1.12 bits per heavy atom. The molecule has 0 spiro atoms. The lowest BCUT2D eigenvalue weighted by molar-refractivity contribution is -0.134. The van der Waals surface area contributed by atoms with E-state index in [1.54, 1.807) is 47.6 Å². The zero-order valence-electron chi connectivity index (χ0n) is 18.8. The van der Waals surface area contributed by atoms with Crippen molar-refractivity contribution < 1.29 is 14.3 Å². The van der Waals surface area contributed by atoms with E-state index in [1.807, 2.05) is 17.0 Å². The molecule has 2 amide bonds. The van der Waals surface area contributed by atoms with Crippen molar-refractivity contribution in [3.8, 4) is 0 Å². The van der Waals surface area contributed by atoms with Gasteiger partial charge in [-0.05, 0) is 65.7 Å². The standard InChI is InChI=1S/C26H27ClN2O3S/c1-18-5-3-4-6-21(18)25-22-12-16-33-23(22)11-13-29(25)24(30)17-28(14-15-32-2)26(31)19-7-9-20(27)10-8-19/h3-10,12,16,25H,11,13-15,17H2,1-2H3. The van der Waals surface area contributed by atoms with Crippen LogP contribution in [0.25, 0.3) is 0 Å². The first-order valence-corrected chi connectivity index (χ1v) is 12.2. The first kappa shape index (κ1) is 23.5. The number of rotatable bonds is 7. The fraction of sp³-hybridized carbons (Fsp3) is 0.308. The van der Waals surface area contributed by atoms with Crippen LogP contribution in [0.4, 0.5) is 0 Å². The molecule has 172 valence electrons. The highest BCUT2D eigenvalue weighted by Gasteiger charge is 2.34. The monoisotopic (exact) mass is 482 g/mol. The zero-order valence-corrected chi connectivity index (χ0v) is 20.4. The van der Waals surface area contributed by atoms with E-state index in [2.05, 4.69) is 30.5 Å². The fourth-order valence-electron chi connectivity index (χ4n) is 4.30. The Hall–Kier alpha value is -2.67. The predicted molar refractivity (Wildman–Crippen MR) is 132 cm³/mol. The number of thiophene rings is 1. The van der Waals surface area contributed by atoms with E-state index in [4.69, 9.17) is 16.3 Å². The summed E-state index contributed by atoms with van der Waals surface area (Å²) in [6, 6.07) is 16.9. The van der Waals surface area contributed by atoms with Crippen molar-refractivity contribution in [3.05, 3.63) is 92.1 Å². The van der Waals surface area contributed by atoms with Crippen LogP contribution >= 0.6 is 22.9 Å². The summed E-state index contributed by atoms with van der Waals surface area (Å²) in [5, 5.41) is 2.66. The third-order valence-corrected chi connectivity index (χ3v) is 7.29. The Kier molecular flexibility index (Phi) is 7.48. The summed E-state index contributed by atoms with van der Waals surface area (Å²) in [6.45, 7) is 3.37. The largest absolute Gasteiger partial charge is 0.383 e.